The van der Waals surface area contributed by atoms with Crippen molar-refractivity contribution >= 4 is 36.5 Å². The molecule has 33 heavy (non-hydrogen) atoms. The summed E-state index contributed by atoms with van der Waals surface area (Å²) in [6.45, 7) is 3.58. The van der Waals surface area contributed by atoms with E-state index in [0.29, 0.717) is 43.4 Å². The number of anilines is 3. The number of hydrogen-bond acceptors (Lipinski definition) is 10. The van der Waals surface area contributed by atoms with Gasteiger partial charge in [0.1, 0.15) is 0 Å². The van der Waals surface area contributed by atoms with Gasteiger partial charge in [0, 0.05) is 19.6 Å². The highest BCUT2D eigenvalue weighted by atomic mass is 35.5. The van der Waals surface area contributed by atoms with Gasteiger partial charge in [0.05, 0.1) is 19.4 Å². The van der Waals surface area contributed by atoms with Crippen LogP contribution in [0.5, 0.6) is 11.5 Å². The Hall–Kier alpha value is -3.63. The smallest absolute Gasteiger partial charge is 0.250 e. The zero-order valence-electron chi connectivity index (χ0n) is 17.8. The van der Waals surface area contributed by atoms with Crippen molar-refractivity contribution in [3.8, 4) is 11.5 Å². The quantitative estimate of drug-likeness (QED) is 0.399. The monoisotopic (exact) mass is 469 g/mol. The van der Waals surface area contributed by atoms with E-state index >= 15 is 0 Å². The first-order valence-corrected chi connectivity index (χ1v) is 10.4. The van der Waals surface area contributed by atoms with Crippen LogP contribution in [0.1, 0.15) is 11.1 Å². The van der Waals surface area contributed by atoms with Gasteiger partial charge in [0.15, 0.2) is 11.5 Å². The number of rotatable bonds is 7. The normalized spacial score (nSPS) is 14.7. The Bertz CT molecular complexity index is 1090. The van der Waals surface area contributed by atoms with Crippen molar-refractivity contribution in [3.63, 3.8) is 0 Å². The molecule has 1 saturated heterocycles. The number of nitrogens with one attached hydrogen (secondary N) is 2. The molecule has 2 aromatic carbocycles. The molecule has 2 aliphatic heterocycles. The molecule has 1 aromatic heterocycles. The van der Waals surface area contributed by atoms with Gasteiger partial charge in [-0.05, 0) is 29.3 Å². The second kappa shape index (κ2) is 10.8. The minimum atomic E-state index is 0. The molecule has 172 valence electrons. The van der Waals surface area contributed by atoms with Gasteiger partial charge in [-0.1, -0.05) is 30.3 Å². The van der Waals surface area contributed by atoms with E-state index in [0.717, 1.165) is 30.0 Å². The molecule has 2 N–H and O–H groups in total. The Kier molecular flexibility index (Phi) is 7.38. The van der Waals surface area contributed by atoms with Crippen LogP contribution in [0.2, 0.25) is 0 Å². The molecule has 5 rings (SSSR count). The van der Waals surface area contributed by atoms with Crippen LogP contribution in [0, 0.1) is 0 Å². The van der Waals surface area contributed by atoms with Crippen LogP contribution in [0.15, 0.2) is 53.6 Å². The van der Waals surface area contributed by atoms with Crippen molar-refractivity contribution in [2.24, 2.45) is 5.10 Å². The van der Waals surface area contributed by atoms with Gasteiger partial charge in [0.2, 0.25) is 24.6 Å². The Morgan fingerprint density at radius 1 is 0.939 bits per heavy atom. The fourth-order valence-corrected chi connectivity index (χ4v) is 3.33. The number of hydrazone groups is 1. The number of aromatic nitrogens is 3. The maximum atomic E-state index is 5.45. The fourth-order valence-electron chi connectivity index (χ4n) is 3.33. The predicted molar refractivity (Wildman–Crippen MR) is 128 cm³/mol. The molecule has 0 spiro atoms. The number of fused-ring (bicyclic) bond motifs is 1. The van der Waals surface area contributed by atoms with E-state index in [1.165, 1.54) is 0 Å². The van der Waals surface area contributed by atoms with Gasteiger partial charge in [-0.15, -0.1) is 12.4 Å². The molecule has 3 heterocycles. The second-order valence-electron chi connectivity index (χ2n) is 7.20. The molecule has 0 aliphatic carbocycles. The largest absolute Gasteiger partial charge is 0.454 e. The lowest BCUT2D eigenvalue weighted by Crippen LogP contribution is -2.37. The summed E-state index contributed by atoms with van der Waals surface area (Å²) in [5.41, 5.74) is 4.92. The van der Waals surface area contributed by atoms with Gasteiger partial charge in [-0.3, -0.25) is 0 Å². The van der Waals surface area contributed by atoms with Gasteiger partial charge >= 0.3 is 0 Å². The lowest BCUT2D eigenvalue weighted by molar-refractivity contribution is 0.122. The predicted octanol–water partition coefficient (Wildman–Crippen LogP) is 2.92. The SMILES string of the molecule is C(=NNc1nc(NCc2ccccc2)nc(N2CCOCC2)n1)c1ccc2c(c1)OCO2.Cl. The average molecular weight is 470 g/mol. The van der Waals surface area contributed by atoms with Crippen LogP contribution in [-0.4, -0.2) is 54.3 Å². The Balaban J connectivity index is 0.00000259. The van der Waals surface area contributed by atoms with Gasteiger partial charge in [0.25, 0.3) is 0 Å². The van der Waals surface area contributed by atoms with Crippen LogP contribution in [-0.2, 0) is 11.3 Å². The van der Waals surface area contributed by atoms with Gasteiger partial charge in [-0.2, -0.15) is 20.1 Å². The molecule has 2 aliphatic rings. The number of ether oxygens (including phenoxy) is 3. The zero-order chi connectivity index (χ0) is 21.6. The van der Waals surface area contributed by atoms with E-state index in [9.17, 15) is 0 Å². The van der Waals surface area contributed by atoms with Crippen molar-refractivity contribution in [1.82, 2.24) is 15.0 Å². The first-order chi connectivity index (χ1) is 15.8. The van der Waals surface area contributed by atoms with E-state index < -0.39 is 0 Å². The average Bonchev–Trinajstić information content (AvgIpc) is 3.32. The minimum Gasteiger partial charge on any atom is -0.454 e. The third kappa shape index (κ3) is 5.79. The third-order valence-corrected chi connectivity index (χ3v) is 4.99. The van der Waals surface area contributed by atoms with Crippen LogP contribution >= 0.6 is 12.4 Å². The highest BCUT2D eigenvalue weighted by molar-refractivity contribution is 5.85. The van der Waals surface area contributed by atoms with E-state index in [-0.39, 0.29) is 19.2 Å². The van der Waals surface area contributed by atoms with Crippen molar-refractivity contribution < 1.29 is 14.2 Å². The molecular formula is C22H24ClN7O3. The number of benzene rings is 2. The van der Waals surface area contributed by atoms with E-state index in [1.54, 1.807) is 6.21 Å². The summed E-state index contributed by atoms with van der Waals surface area (Å²) in [6, 6.07) is 15.7. The van der Waals surface area contributed by atoms with Crippen LogP contribution in [0.3, 0.4) is 0 Å². The fraction of sp³-hybridized carbons (Fsp3) is 0.273. The summed E-state index contributed by atoms with van der Waals surface area (Å²) in [5.74, 6) is 2.85. The van der Waals surface area contributed by atoms with Crippen molar-refractivity contribution in [1.29, 1.82) is 0 Å². The molecule has 10 nitrogen and oxygen atoms in total. The Morgan fingerprint density at radius 2 is 1.73 bits per heavy atom. The highest BCUT2D eigenvalue weighted by Crippen LogP contribution is 2.32. The minimum absolute atomic E-state index is 0. The molecule has 0 atom stereocenters. The topological polar surface area (TPSA) is 106 Å². The summed E-state index contributed by atoms with van der Waals surface area (Å²) >= 11 is 0. The summed E-state index contributed by atoms with van der Waals surface area (Å²) in [7, 11) is 0. The molecule has 0 amide bonds. The summed E-state index contributed by atoms with van der Waals surface area (Å²) < 4.78 is 16.2. The first-order valence-electron chi connectivity index (χ1n) is 10.4. The highest BCUT2D eigenvalue weighted by Gasteiger charge is 2.17. The molecule has 11 heteroatoms. The zero-order valence-corrected chi connectivity index (χ0v) is 18.6. The lowest BCUT2D eigenvalue weighted by Gasteiger charge is -2.27. The molecule has 0 radical (unpaired) electrons. The third-order valence-electron chi connectivity index (χ3n) is 4.99. The second-order valence-corrected chi connectivity index (χ2v) is 7.20. The van der Waals surface area contributed by atoms with Crippen LogP contribution in [0.25, 0.3) is 0 Å². The standard InChI is InChI=1S/C22H23N7O3.ClH/c1-2-4-16(5-3-1)13-23-20-25-21(27-22(26-20)29-8-10-30-11-9-29)28-24-14-17-6-7-18-19(12-17)32-15-31-18;/h1-7,12,14H,8-11,13,15H2,(H2,23,25,26,27,28);1H. The summed E-state index contributed by atoms with van der Waals surface area (Å²) in [6.07, 6.45) is 1.68. The van der Waals surface area contributed by atoms with Crippen molar-refractivity contribution in [3.05, 3.63) is 59.7 Å². The molecule has 3 aromatic rings. The Morgan fingerprint density at radius 3 is 2.58 bits per heavy atom. The van der Waals surface area contributed by atoms with E-state index in [2.05, 4.69) is 35.7 Å². The molecule has 0 bridgehead atoms. The van der Waals surface area contributed by atoms with E-state index in [4.69, 9.17) is 14.2 Å². The maximum Gasteiger partial charge on any atom is 0.250 e. The van der Waals surface area contributed by atoms with Crippen LogP contribution in [0.4, 0.5) is 17.8 Å². The van der Waals surface area contributed by atoms with Crippen molar-refractivity contribution in [2.45, 2.75) is 6.54 Å². The van der Waals surface area contributed by atoms with Gasteiger partial charge < -0.3 is 24.4 Å². The summed E-state index contributed by atoms with van der Waals surface area (Å²) in [4.78, 5) is 15.7. The molecule has 1 fully saturated rings. The molecule has 0 unspecified atom stereocenters. The van der Waals surface area contributed by atoms with Crippen molar-refractivity contribution in [2.75, 3.05) is 48.7 Å². The Labute approximate surface area is 197 Å². The number of hydrogen-bond donors (Lipinski definition) is 2. The number of nitrogens with zero attached hydrogens (tertiary/aromatic N) is 5. The number of halogens is 1. The summed E-state index contributed by atoms with van der Waals surface area (Å²) in [5, 5.41) is 7.56. The van der Waals surface area contributed by atoms with Gasteiger partial charge in [-0.25, -0.2) is 5.43 Å². The molecular weight excluding hydrogens is 446 g/mol. The lowest BCUT2D eigenvalue weighted by atomic mass is 10.2. The maximum absolute atomic E-state index is 5.45. The molecule has 0 saturated carbocycles. The first kappa shape index (κ1) is 22.6. The van der Waals surface area contributed by atoms with E-state index in [1.807, 2.05) is 48.5 Å². The van der Waals surface area contributed by atoms with Crippen LogP contribution < -0.4 is 25.1 Å². The number of morpholine rings is 1.